The molecule has 3 N–H and O–H groups in total. The number of hydrogen-bond donors (Lipinski definition) is 2. The van der Waals surface area contributed by atoms with Crippen molar-refractivity contribution in [1.29, 1.82) is 0 Å². The Morgan fingerprint density at radius 3 is 2.71 bits per heavy atom. The van der Waals surface area contributed by atoms with Gasteiger partial charge in [0.05, 0.1) is 0 Å². The molecule has 1 heterocycles. The van der Waals surface area contributed by atoms with Gasteiger partial charge in [0.1, 0.15) is 0 Å². The lowest BCUT2D eigenvalue weighted by molar-refractivity contribution is 1.03. The van der Waals surface area contributed by atoms with Crippen LogP contribution < -0.4 is 5.73 Å². The number of rotatable bonds is 3. The topological polar surface area (TPSA) is 41.8 Å². The first-order valence-corrected chi connectivity index (χ1v) is 8.03. The number of aromatic nitrogens is 1. The molecule has 0 radical (unpaired) electrons. The summed E-state index contributed by atoms with van der Waals surface area (Å²) in [4.78, 5) is 5.86. The van der Waals surface area contributed by atoms with E-state index in [2.05, 4.69) is 37.0 Å². The number of benzene rings is 2. The Balaban J connectivity index is 2.09. The number of aromatic amines is 1. The summed E-state index contributed by atoms with van der Waals surface area (Å²) in [5.74, 6) is 0. The second-order valence-electron chi connectivity index (χ2n) is 5.19. The quantitative estimate of drug-likeness (QED) is 0.710. The summed E-state index contributed by atoms with van der Waals surface area (Å²) in [6.45, 7) is 4.71. The molecule has 0 amide bonds. The van der Waals surface area contributed by atoms with Crippen molar-refractivity contribution in [2.24, 2.45) is 5.73 Å². The van der Waals surface area contributed by atoms with E-state index in [9.17, 15) is 0 Å². The first-order chi connectivity index (χ1) is 10.1. The van der Waals surface area contributed by atoms with Crippen LogP contribution in [0.4, 0.5) is 0 Å². The van der Waals surface area contributed by atoms with Gasteiger partial charge in [-0.15, -0.1) is 0 Å². The van der Waals surface area contributed by atoms with Crippen LogP contribution in [0.25, 0.3) is 10.9 Å². The molecule has 0 aliphatic heterocycles. The van der Waals surface area contributed by atoms with Crippen LogP contribution in [0.1, 0.15) is 16.8 Å². The Morgan fingerprint density at radius 1 is 1.14 bits per heavy atom. The van der Waals surface area contributed by atoms with Gasteiger partial charge in [0.25, 0.3) is 0 Å². The van der Waals surface area contributed by atoms with E-state index in [1.54, 1.807) is 11.8 Å². The van der Waals surface area contributed by atoms with E-state index in [4.69, 9.17) is 17.3 Å². The van der Waals surface area contributed by atoms with Crippen LogP contribution in [-0.4, -0.2) is 4.98 Å². The number of hydrogen-bond acceptors (Lipinski definition) is 2. The predicted molar refractivity (Wildman–Crippen MR) is 91.2 cm³/mol. The highest BCUT2D eigenvalue weighted by Crippen LogP contribution is 2.38. The maximum Gasteiger partial charge on any atom is 0.0467 e. The van der Waals surface area contributed by atoms with Gasteiger partial charge in [-0.2, -0.15) is 0 Å². The summed E-state index contributed by atoms with van der Waals surface area (Å²) in [7, 11) is 0. The number of nitrogens with one attached hydrogen (secondary N) is 1. The molecule has 21 heavy (non-hydrogen) atoms. The lowest BCUT2D eigenvalue weighted by atomic mass is 10.2. The lowest BCUT2D eigenvalue weighted by Gasteiger charge is -2.08. The van der Waals surface area contributed by atoms with Crippen molar-refractivity contribution in [1.82, 2.24) is 4.98 Å². The van der Waals surface area contributed by atoms with Gasteiger partial charge in [0, 0.05) is 38.0 Å². The minimum atomic E-state index is 0.489. The van der Waals surface area contributed by atoms with Gasteiger partial charge in [-0.25, -0.2) is 0 Å². The molecule has 3 aromatic rings. The van der Waals surface area contributed by atoms with Crippen LogP contribution in [0.3, 0.4) is 0 Å². The Hall–Kier alpha value is -1.42. The van der Waals surface area contributed by atoms with Gasteiger partial charge < -0.3 is 10.7 Å². The average molecular weight is 317 g/mol. The third-order valence-corrected chi connectivity index (χ3v) is 5.12. The van der Waals surface area contributed by atoms with Gasteiger partial charge in [-0.05, 0) is 49.7 Å². The van der Waals surface area contributed by atoms with Crippen LogP contribution in [-0.2, 0) is 6.54 Å². The maximum absolute atomic E-state index is 6.05. The molecule has 0 bridgehead atoms. The summed E-state index contributed by atoms with van der Waals surface area (Å²) in [5.41, 5.74) is 10.5. The van der Waals surface area contributed by atoms with Gasteiger partial charge in [-0.3, -0.25) is 0 Å². The minimum absolute atomic E-state index is 0.489. The van der Waals surface area contributed by atoms with Crippen molar-refractivity contribution in [3.8, 4) is 0 Å². The molecule has 2 aromatic carbocycles. The van der Waals surface area contributed by atoms with Gasteiger partial charge in [0.15, 0.2) is 0 Å². The molecule has 1 aromatic heterocycles. The largest absolute Gasteiger partial charge is 0.358 e. The first kappa shape index (κ1) is 14.5. The summed E-state index contributed by atoms with van der Waals surface area (Å²) in [6.07, 6.45) is 0. The van der Waals surface area contributed by atoms with Crippen molar-refractivity contribution in [2.75, 3.05) is 0 Å². The number of H-pyrrole nitrogens is 1. The fourth-order valence-corrected chi connectivity index (χ4v) is 3.77. The Kier molecular flexibility index (Phi) is 3.98. The number of nitrogens with two attached hydrogens (primary N) is 1. The molecule has 0 unspecified atom stereocenters. The van der Waals surface area contributed by atoms with Crippen molar-refractivity contribution < 1.29 is 0 Å². The third-order valence-electron chi connectivity index (χ3n) is 3.54. The molecule has 0 atom stereocenters. The van der Waals surface area contributed by atoms with E-state index in [0.717, 1.165) is 15.5 Å². The molecule has 0 aliphatic carbocycles. The molecule has 0 aliphatic rings. The fourth-order valence-electron chi connectivity index (χ4n) is 2.46. The smallest absolute Gasteiger partial charge is 0.0467 e. The molecular formula is C17H17ClN2S. The van der Waals surface area contributed by atoms with E-state index < -0.39 is 0 Å². The molecule has 0 saturated carbocycles. The summed E-state index contributed by atoms with van der Waals surface area (Å²) in [5, 5.41) is 1.99. The normalized spacial score (nSPS) is 11.2. The first-order valence-electron chi connectivity index (χ1n) is 6.84. The third kappa shape index (κ3) is 2.82. The highest BCUT2D eigenvalue weighted by molar-refractivity contribution is 7.99. The molecule has 0 fully saturated rings. The van der Waals surface area contributed by atoms with E-state index in [-0.39, 0.29) is 0 Å². The average Bonchev–Trinajstić information content (AvgIpc) is 2.76. The van der Waals surface area contributed by atoms with E-state index in [1.807, 2.05) is 18.2 Å². The molecule has 0 spiro atoms. The Bertz CT molecular complexity index is 808. The van der Waals surface area contributed by atoms with Crippen LogP contribution in [0, 0.1) is 13.8 Å². The second kappa shape index (κ2) is 5.76. The highest BCUT2D eigenvalue weighted by Gasteiger charge is 2.12. The van der Waals surface area contributed by atoms with Crippen LogP contribution in [0.15, 0.2) is 46.2 Å². The van der Waals surface area contributed by atoms with Gasteiger partial charge in [-0.1, -0.05) is 35.0 Å². The number of aryl methyl sites for hydroxylation is 2. The van der Waals surface area contributed by atoms with Crippen molar-refractivity contribution in [3.63, 3.8) is 0 Å². The zero-order chi connectivity index (χ0) is 15.0. The Labute approximate surface area is 133 Å². The second-order valence-corrected chi connectivity index (χ2v) is 6.68. The van der Waals surface area contributed by atoms with E-state index in [1.165, 1.54) is 27.1 Å². The van der Waals surface area contributed by atoms with Gasteiger partial charge >= 0.3 is 0 Å². The molecule has 108 valence electrons. The SMILES string of the molecule is Cc1ccc2[nH]c(C)c(Sc3ccc(Cl)cc3CN)c2c1. The van der Waals surface area contributed by atoms with Crippen LogP contribution in [0.2, 0.25) is 5.02 Å². The standard InChI is InChI=1S/C17H17ClN2S/c1-10-3-5-15-14(7-10)17(11(2)20-15)21-16-6-4-13(18)8-12(16)9-19/h3-8,20H,9,19H2,1-2H3. The zero-order valence-electron chi connectivity index (χ0n) is 12.0. The fraction of sp³-hybridized carbons (Fsp3) is 0.176. The Morgan fingerprint density at radius 2 is 1.95 bits per heavy atom. The van der Waals surface area contributed by atoms with Gasteiger partial charge in [0.2, 0.25) is 0 Å². The monoisotopic (exact) mass is 316 g/mol. The molecule has 2 nitrogen and oxygen atoms in total. The summed E-state index contributed by atoms with van der Waals surface area (Å²) < 4.78 is 0. The molecule has 3 rings (SSSR count). The van der Waals surface area contributed by atoms with E-state index >= 15 is 0 Å². The van der Waals surface area contributed by atoms with Crippen LogP contribution in [0.5, 0.6) is 0 Å². The minimum Gasteiger partial charge on any atom is -0.358 e. The highest BCUT2D eigenvalue weighted by atomic mass is 35.5. The van der Waals surface area contributed by atoms with Crippen molar-refractivity contribution in [3.05, 3.63) is 58.2 Å². The summed E-state index contributed by atoms with van der Waals surface area (Å²) >= 11 is 7.80. The van der Waals surface area contributed by atoms with Crippen LogP contribution >= 0.6 is 23.4 Å². The number of halogens is 1. The van der Waals surface area contributed by atoms with Crippen molar-refractivity contribution in [2.45, 2.75) is 30.2 Å². The molecular weight excluding hydrogens is 300 g/mol. The zero-order valence-corrected chi connectivity index (χ0v) is 13.6. The maximum atomic E-state index is 6.05. The van der Waals surface area contributed by atoms with E-state index in [0.29, 0.717) is 6.54 Å². The summed E-state index contributed by atoms with van der Waals surface area (Å²) in [6, 6.07) is 12.4. The number of fused-ring (bicyclic) bond motifs is 1. The predicted octanol–water partition coefficient (Wildman–Crippen LogP) is 5.05. The van der Waals surface area contributed by atoms with Crippen molar-refractivity contribution >= 4 is 34.3 Å². The molecule has 4 heteroatoms. The molecule has 0 saturated heterocycles. The lowest BCUT2D eigenvalue weighted by Crippen LogP contribution is -1.98.